The molecule has 1 unspecified atom stereocenters. The summed E-state index contributed by atoms with van der Waals surface area (Å²) in [5.74, 6) is -0.855. The molecule has 0 aliphatic rings. The van der Waals surface area contributed by atoms with Crippen LogP contribution >= 0.6 is 11.6 Å². The fourth-order valence-electron chi connectivity index (χ4n) is 1.36. The van der Waals surface area contributed by atoms with E-state index in [1.54, 1.807) is 0 Å². The third kappa shape index (κ3) is 5.38. The first-order valence-corrected chi connectivity index (χ1v) is 6.04. The number of alkyl halides is 4. The first-order chi connectivity index (χ1) is 8.83. The maximum absolute atomic E-state index is 12.1. The standard InChI is InChI=1S/C12H13ClF3NO2/c1-2-6-17-11(18)10(13)8-4-3-5-9(7-8)19-12(14,15)16/h3-5,7,10H,2,6H2,1H3,(H,17,18). The smallest absolute Gasteiger partial charge is 0.406 e. The van der Waals surface area contributed by atoms with E-state index in [2.05, 4.69) is 10.1 Å². The van der Waals surface area contributed by atoms with Crippen molar-refractivity contribution in [2.45, 2.75) is 25.1 Å². The third-order valence-electron chi connectivity index (χ3n) is 2.16. The van der Waals surface area contributed by atoms with Gasteiger partial charge in [0.25, 0.3) is 0 Å². The monoisotopic (exact) mass is 295 g/mol. The molecule has 1 aromatic carbocycles. The molecule has 0 aliphatic carbocycles. The second-order valence-electron chi connectivity index (χ2n) is 3.77. The summed E-state index contributed by atoms with van der Waals surface area (Å²) in [6.45, 7) is 2.34. The molecule has 0 bridgehead atoms. The average Bonchev–Trinajstić information content (AvgIpc) is 2.33. The van der Waals surface area contributed by atoms with E-state index < -0.39 is 23.4 Å². The summed E-state index contributed by atoms with van der Waals surface area (Å²) in [4.78, 5) is 11.6. The Morgan fingerprint density at radius 1 is 1.47 bits per heavy atom. The molecule has 0 radical (unpaired) electrons. The first-order valence-electron chi connectivity index (χ1n) is 5.61. The lowest BCUT2D eigenvalue weighted by atomic mass is 10.1. The van der Waals surface area contributed by atoms with Crippen LogP contribution in [0.5, 0.6) is 5.75 Å². The lowest BCUT2D eigenvalue weighted by molar-refractivity contribution is -0.274. The Labute approximate surface area is 113 Å². The Hall–Kier alpha value is -1.43. The molecular formula is C12H13ClF3NO2. The van der Waals surface area contributed by atoms with Gasteiger partial charge in [-0.3, -0.25) is 4.79 Å². The summed E-state index contributed by atoms with van der Waals surface area (Å²) in [5.41, 5.74) is 0.247. The van der Waals surface area contributed by atoms with E-state index in [0.29, 0.717) is 6.54 Å². The van der Waals surface area contributed by atoms with Crippen LogP contribution in [0, 0.1) is 0 Å². The van der Waals surface area contributed by atoms with Crippen LogP contribution in [-0.4, -0.2) is 18.8 Å². The SMILES string of the molecule is CCCNC(=O)C(Cl)c1cccc(OC(F)(F)F)c1. The zero-order valence-corrected chi connectivity index (χ0v) is 10.9. The third-order valence-corrected chi connectivity index (χ3v) is 2.61. The number of carbonyl (C=O) groups is 1. The summed E-state index contributed by atoms with van der Waals surface area (Å²) in [5, 5.41) is 1.51. The van der Waals surface area contributed by atoms with Crippen molar-refractivity contribution < 1.29 is 22.7 Å². The molecular weight excluding hydrogens is 283 g/mol. The molecule has 106 valence electrons. The van der Waals surface area contributed by atoms with E-state index in [1.165, 1.54) is 12.1 Å². The van der Waals surface area contributed by atoms with Crippen LogP contribution in [0.2, 0.25) is 0 Å². The molecule has 1 N–H and O–H groups in total. The van der Waals surface area contributed by atoms with Gasteiger partial charge in [-0.05, 0) is 24.1 Å². The van der Waals surface area contributed by atoms with Crippen LogP contribution in [-0.2, 0) is 4.79 Å². The number of nitrogens with one attached hydrogen (secondary N) is 1. The van der Waals surface area contributed by atoms with Gasteiger partial charge in [0.05, 0.1) is 0 Å². The molecule has 0 saturated carbocycles. The highest BCUT2D eigenvalue weighted by Gasteiger charge is 2.31. The maximum Gasteiger partial charge on any atom is 0.573 e. The van der Waals surface area contributed by atoms with E-state index in [1.807, 2.05) is 6.92 Å². The van der Waals surface area contributed by atoms with Gasteiger partial charge >= 0.3 is 6.36 Å². The summed E-state index contributed by atoms with van der Waals surface area (Å²) >= 11 is 5.89. The predicted molar refractivity (Wildman–Crippen MR) is 65.0 cm³/mol. The minimum Gasteiger partial charge on any atom is -0.406 e. The van der Waals surface area contributed by atoms with Crippen molar-refractivity contribution in [3.63, 3.8) is 0 Å². The first kappa shape index (κ1) is 15.6. The van der Waals surface area contributed by atoms with Crippen molar-refractivity contribution in [2.75, 3.05) is 6.54 Å². The van der Waals surface area contributed by atoms with Crippen LogP contribution in [0.3, 0.4) is 0 Å². The van der Waals surface area contributed by atoms with Crippen LogP contribution < -0.4 is 10.1 Å². The highest BCUT2D eigenvalue weighted by atomic mass is 35.5. The predicted octanol–water partition coefficient (Wildman–Crippen LogP) is 3.39. The van der Waals surface area contributed by atoms with Gasteiger partial charge in [-0.1, -0.05) is 19.1 Å². The Morgan fingerprint density at radius 3 is 2.74 bits per heavy atom. The molecule has 7 heteroatoms. The van der Waals surface area contributed by atoms with Gasteiger partial charge < -0.3 is 10.1 Å². The quantitative estimate of drug-likeness (QED) is 0.846. The maximum atomic E-state index is 12.1. The molecule has 19 heavy (non-hydrogen) atoms. The highest BCUT2D eigenvalue weighted by Crippen LogP contribution is 2.28. The van der Waals surface area contributed by atoms with Gasteiger partial charge in [0, 0.05) is 6.54 Å². The minimum atomic E-state index is -4.77. The van der Waals surface area contributed by atoms with Gasteiger partial charge in [-0.25, -0.2) is 0 Å². The lowest BCUT2D eigenvalue weighted by Crippen LogP contribution is -2.27. The van der Waals surface area contributed by atoms with Crippen molar-refractivity contribution in [3.8, 4) is 5.75 Å². The van der Waals surface area contributed by atoms with Crippen LogP contribution in [0.25, 0.3) is 0 Å². The zero-order valence-electron chi connectivity index (χ0n) is 10.1. The number of carbonyl (C=O) groups excluding carboxylic acids is 1. The summed E-state index contributed by atoms with van der Waals surface area (Å²) in [6.07, 6.45) is -4.03. The topological polar surface area (TPSA) is 38.3 Å². The van der Waals surface area contributed by atoms with Gasteiger partial charge in [-0.2, -0.15) is 0 Å². The van der Waals surface area contributed by atoms with Crippen molar-refractivity contribution in [1.82, 2.24) is 5.32 Å². The van der Waals surface area contributed by atoms with Crippen molar-refractivity contribution in [2.24, 2.45) is 0 Å². The van der Waals surface area contributed by atoms with E-state index in [0.717, 1.165) is 18.6 Å². The molecule has 0 spiro atoms. The number of hydrogen-bond donors (Lipinski definition) is 1. The Balaban J connectivity index is 2.78. The zero-order chi connectivity index (χ0) is 14.5. The Morgan fingerprint density at radius 2 is 2.16 bits per heavy atom. The minimum absolute atomic E-state index is 0.247. The van der Waals surface area contributed by atoms with Gasteiger partial charge in [0.2, 0.25) is 5.91 Å². The van der Waals surface area contributed by atoms with E-state index >= 15 is 0 Å². The van der Waals surface area contributed by atoms with Gasteiger partial charge in [0.15, 0.2) is 0 Å². The fraction of sp³-hybridized carbons (Fsp3) is 0.417. The van der Waals surface area contributed by atoms with Crippen LogP contribution in [0.4, 0.5) is 13.2 Å². The number of amides is 1. The van der Waals surface area contributed by atoms with E-state index in [9.17, 15) is 18.0 Å². The van der Waals surface area contributed by atoms with E-state index in [-0.39, 0.29) is 5.56 Å². The van der Waals surface area contributed by atoms with Gasteiger partial charge in [-0.15, -0.1) is 24.8 Å². The summed E-state index contributed by atoms with van der Waals surface area (Å²) in [6, 6.07) is 5.05. The molecule has 1 amide bonds. The molecule has 0 heterocycles. The second-order valence-corrected chi connectivity index (χ2v) is 4.21. The molecule has 0 saturated heterocycles. The summed E-state index contributed by atoms with van der Waals surface area (Å²) < 4.78 is 40.0. The normalized spacial score (nSPS) is 12.9. The molecule has 3 nitrogen and oxygen atoms in total. The van der Waals surface area contributed by atoms with Crippen LogP contribution in [0.15, 0.2) is 24.3 Å². The molecule has 1 aromatic rings. The fourth-order valence-corrected chi connectivity index (χ4v) is 1.57. The molecule has 0 aromatic heterocycles. The second kappa shape index (κ2) is 6.65. The largest absolute Gasteiger partial charge is 0.573 e. The number of rotatable bonds is 5. The van der Waals surface area contributed by atoms with E-state index in [4.69, 9.17) is 11.6 Å². The average molecular weight is 296 g/mol. The lowest BCUT2D eigenvalue weighted by Gasteiger charge is -2.13. The molecule has 1 rings (SSSR count). The Kier molecular flexibility index (Phi) is 5.47. The van der Waals surface area contributed by atoms with Crippen molar-refractivity contribution >= 4 is 17.5 Å². The molecule has 0 aliphatic heterocycles. The van der Waals surface area contributed by atoms with Crippen LogP contribution in [0.1, 0.15) is 24.3 Å². The molecule has 0 fully saturated rings. The van der Waals surface area contributed by atoms with Gasteiger partial charge in [0.1, 0.15) is 11.1 Å². The number of halogens is 4. The Bertz CT molecular complexity index is 437. The number of benzene rings is 1. The van der Waals surface area contributed by atoms with Crippen molar-refractivity contribution in [1.29, 1.82) is 0 Å². The number of ether oxygens (including phenoxy) is 1. The highest BCUT2D eigenvalue weighted by molar-refractivity contribution is 6.30. The van der Waals surface area contributed by atoms with Crippen molar-refractivity contribution in [3.05, 3.63) is 29.8 Å². The molecule has 1 atom stereocenters. The summed E-state index contributed by atoms with van der Waals surface area (Å²) in [7, 11) is 0. The number of hydrogen-bond acceptors (Lipinski definition) is 2.